The summed E-state index contributed by atoms with van der Waals surface area (Å²) in [6.45, 7) is 6.50. The number of benzene rings is 2. The van der Waals surface area contributed by atoms with Crippen LogP contribution in [0.3, 0.4) is 0 Å². The molecule has 0 aromatic heterocycles. The summed E-state index contributed by atoms with van der Waals surface area (Å²) in [5.74, 6) is 5.39. The van der Waals surface area contributed by atoms with Gasteiger partial charge in [0.05, 0.1) is 14.2 Å². The van der Waals surface area contributed by atoms with E-state index in [9.17, 15) is 9.59 Å². The Hall–Kier alpha value is -0.620. The molecule has 0 aliphatic carbocycles. The maximum Gasteiger partial charge on any atom is 1.00 e. The Morgan fingerprint density at radius 3 is 1.50 bits per heavy atom. The third kappa shape index (κ3) is 27.5. The molecule has 40 heavy (non-hydrogen) atoms. The number of terminal acetylenes is 1. The Morgan fingerprint density at radius 1 is 0.875 bits per heavy atom. The second kappa shape index (κ2) is 29.9. The van der Waals surface area contributed by atoms with Crippen LogP contribution < -0.4 is 108 Å². The van der Waals surface area contributed by atoms with Gasteiger partial charge in [-0.15, -0.1) is 12.0 Å². The number of carbonyl (C=O) groups is 3. The van der Waals surface area contributed by atoms with Crippen molar-refractivity contribution in [1.29, 1.82) is 0 Å². The minimum absolute atomic E-state index is 0. The molecular formula is C29H38K2O8Si. The number of rotatable bonds is 7. The zero-order valence-electron chi connectivity index (χ0n) is 25.9. The minimum atomic E-state index is -1.31. The maximum absolute atomic E-state index is 11.0. The summed E-state index contributed by atoms with van der Waals surface area (Å²) in [7, 11) is 2.50. The van der Waals surface area contributed by atoms with Crippen LogP contribution in [0, 0.1) is 23.8 Å². The van der Waals surface area contributed by atoms with Gasteiger partial charge < -0.3 is 26.2 Å². The van der Waals surface area contributed by atoms with Gasteiger partial charge in [-0.25, -0.2) is 0 Å². The standard InChI is InChI=1S/C15H20O2Si.C12H12O2.CH2O3.CH4O.2K.H/c1-17-15(16)10-9-13-5-7-14(8-6-13)11-12-18(2,3)4;1-3-10-4-6-11(7-5-10)8-9-12(13)14-2;2-1-4-3;1-2;;;/h5-8H,9-10H2,1-4H3;1,4-7H,8-9H2,2H3;1,3H;2H,1H3;;;/q;;;;2*+1;-1/p-1. The van der Waals surface area contributed by atoms with Crippen LogP contribution in [0.2, 0.25) is 19.6 Å². The van der Waals surface area contributed by atoms with E-state index in [0.29, 0.717) is 25.7 Å². The Balaban J connectivity index is -0.000000169. The summed E-state index contributed by atoms with van der Waals surface area (Å²) in [6.07, 6.45) is 7.46. The van der Waals surface area contributed by atoms with Crippen molar-refractivity contribution >= 4 is 26.5 Å². The molecular weight excluding hydrogens is 583 g/mol. The summed E-state index contributed by atoms with van der Waals surface area (Å²) in [6, 6.07) is 15.7. The molecule has 0 heterocycles. The molecule has 0 fully saturated rings. The SMILES string of the molecule is C#Cc1ccc(CCC(=O)OC)cc1.CO.COC(=O)CCc1ccc(C#C[Si](C)(C)C)cc1.O=CO[O-].[H-].[K+].[K+]. The number of aryl methyl sites for hydroxylation is 2. The van der Waals surface area contributed by atoms with E-state index in [1.54, 1.807) is 0 Å². The van der Waals surface area contributed by atoms with Gasteiger partial charge in [0, 0.05) is 31.1 Å². The summed E-state index contributed by atoms with van der Waals surface area (Å²) < 4.78 is 9.16. The molecule has 0 saturated carbocycles. The fourth-order valence-electron chi connectivity index (χ4n) is 2.48. The Kier molecular flexibility index (Phi) is 34.6. The van der Waals surface area contributed by atoms with Crippen LogP contribution in [0.5, 0.6) is 0 Å². The van der Waals surface area contributed by atoms with E-state index >= 15 is 0 Å². The molecule has 208 valence electrons. The van der Waals surface area contributed by atoms with Crippen molar-refractivity contribution in [2.75, 3.05) is 21.3 Å². The molecule has 0 atom stereocenters. The van der Waals surface area contributed by atoms with E-state index in [1.165, 1.54) is 14.2 Å². The average molecular weight is 621 g/mol. The molecule has 0 aliphatic heterocycles. The monoisotopic (exact) mass is 620 g/mol. The van der Waals surface area contributed by atoms with Gasteiger partial charge in [-0.2, -0.15) is 0 Å². The van der Waals surface area contributed by atoms with Crippen molar-refractivity contribution in [2.45, 2.75) is 45.3 Å². The third-order valence-corrected chi connectivity index (χ3v) is 5.26. The van der Waals surface area contributed by atoms with E-state index in [4.69, 9.17) is 21.6 Å². The van der Waals surface area contributed by atoms with Crippen molar-refractivity contribution in [3.05, 3.63) is 70.8 Å². The van der Waals surface area contributed by atoms with E-state index in [0.717, 1.165) is 29.4 Å². The van der Waals surface area contributed by atoms with Crippen LogP contribution in [0.4, 0.5) is 0 Å². The minimum Gasteiger partial charge on any atom is -1.00 e. The molecule has 0 radical (unpaired) electrons. The number of carbonyl (C=O) groups excluding carboxylic acids is 3. The second-order valence-electron chi connectivity index (χ2n) is 8.38. The first-order valence-corrected chi connectivity index (χ1v) is 15.1. The third-order valence-electron chi connectivity index (χ3n) is 4.39. The number of esters is 2. The topological polar surface area (TPSA) is 122 Å². The predicted molar refractivity (Wildman–Crippen MR) is 148 cm³/mol. The van der Waals surface area contributed by atoms with Crippen LogP contribution in [0.1, 0.15) is 36.5 Å². The Labute approximate surface area is 326 Å². The molecule has 0 bridgehead atoms. The van der Waals surface area contributed by atoms with Gasteiger partial charge in [0.2, 0.25) is 0 Å². The first-order chi connectivity index (χ1) is 18.1. The largest absolute Gasteiger partial charge is 1.00 e. The van der Waals surface area contributed by atoms with Crippen molar-refractivity contribution in [1.82, 2.24) is 0 Å². The number of hydrogen-bond acceptors (Lipinski definition) is 8. The molecule has 2 aromatic carbocycles. The molecule has 2 aromatic rings. The van der Waals surface area contributed by atoms with Crippen LogP contribution >= 0.6 is 0 Å². The molecule has 1 N–H and O–H groups in total. The average Bonchev–Trinajstić information content (AvgIpc) is 2.95. The zero-order chi connectivity index (χ0) is 29.4. The summed E-state index contributed by atoms with van der Waals surface area (Å²) in [5.41, 5.74) is 7.46. The van der Waals surface area contributed by atoms with Gasteiger partial charge in [-0.1, -0.05) is 55.7 Å². The van der Waals surface area contributed by atoms with Crippen LogP contribution in [-0.2, 0) is 41.6 Å². The van der Waals surface area contributed by atoms with Gasteiger partial charge in [-0.05, 0) is 48.2 Å². The van der Waals surface area contributed by atoms with Gasteiger partial charge in [-0.3, -0.25) is 14.4 Å². The number of hydrogen-bond donors (Lipinski definition) is 1. The van der Waals surface area contributed by atoms with E-state index in [-0.39, 0.29) is 123 Å². The van der Waals surface area contributed by atoms with Crippen molar-refractivity contribution in [3.8, 4) is 23.8 Å². The van der Waals surface area contributed by atoms with E-state index in [2.05, 4.69) is 51.4 Å². The summed E-state index contributed by atoms with van der Waals surface area (Å²) in [5, 5.41) is 15.4. The Morgan fingerprint density at radius 2 is 1.23 bits per heavy atom. The van der Waals surface area contributed by atoms with Gasteiger partial charge in [0.25, 0.3) is 6.47 Å². The Bertz CT molecular complexity index is 1060. The number of aliphatic hydroxyl groups excluding tert-OH is 1. The first kappa shape index (κ1) is 46.3. The molecule has 8 nitrogen and oxygen atoms in total. The van der Waals surface area contributed by atoms with Gasteiger partial charge in [0.1, 0.15) is 8.07 Å². The zero-order valence-corrected chi connectivity index (χ0v) is 32.2. The smallest absolute Gasteiger partial charge is 1.00 e. The molecule has 0 aliphatic rings. The second-order valence-corrected chi connectivity index (χ2v) is 13.1. The van der Waals surface area contributed by atoms with E-state index in [1.807, 2.05) is 48.5 Å². The molecule has 11 heteroatoms. The van der Waals surface area contributed by atoms with E-state index < -0.39 is 8.07 Å². The summed E-state index contributed by atoms with van der Waals surface area (Å²) in [4.78, 5) is 33.1. The first-order valence-electron chi connectivity index (χ1n) is 11.6. The van der Waals surface area contributed by atoms with Crippen LogP contribution in [0.25, 0.3) is 0 Å². The van der Waals surface area contributed by atoms with Crippen LogP contribution in [-0.4, -0.2) is 52.9 Å². The van der Waals surface area contributed by atoms with Gasteiger partial charge in [0.15, 0.2) is 0 Å². The molecule has 0 unspecified atom stereocenters. The maximum atomic E-state index is 11.0. The summed E-state index contributed by atoms with van der Waals surface area (Å²) >= 11 is 0. The van der Waals surface area contributed by atoms with Gasteiger partial charge >= 0.3 is 115 Å². The molecule has 0 saturated heterocycles. The van der Waals surface area contributed by atoms with Crippen molar-refractivity contribution < 1.29 is 143 Å². The van der Waals surface area contributed by atoms with Crippen molar-refractivity contribution in [3.63, 3.8) is 0 Å². The molecule has 0 amide bonds. The van der Waals surface area contributed by atoms with Crippen LogP contribution in [0.15, 0.2) is 48.5 Å². The number of ether oxygens (including phenoxy) is 2. The predicted octanol–water partition coefficient (Wildman–Crippen LogP) is -3.04. The molecule has 2 rings (SSSR count). The number of aliphatic hydroxyl groups is 1. The van der Waals surface area contributed by atoms with Crippen molar-refractivity contribution in [2.24, 2.45) is 0 Å². The fourth-order valence-corrected chi connectivity index (χ4v) is 3.00. The number of methoxy groups -OCH3 is 2. The fraction of sp³-hybridized carbons (Fsp3) is 0.345. The normalized spacial score (nSPS) is 8.57. The molecule has 0 spiro atoms. The quantitative estimate of drug-likeness (QED) is 0.0866.